The molecule has 0 radical (unpaired) electrons. The van der Waals surface area contributed by atoms with E-state index in [1.54, 1.807) is 0 Å². The number of hydrogen-bond acceptors (Lipinski definition) is 3. The van der Waals surface area contributed by atoms with Crippen molar-refractivity contribution in [1.82, 2.24) is 4.98 Å². The van der Waals surface area contributed by atoms with Crippen LogP contribution in [0.4, 0.5) is 5.69 Å². The molecule has 1 fully saturated rings. The first-order valence-corrected chi connectivity index (χ1v) is 9.32. The summed E-state index contributed by atoms with van der Waals surface area (Å²) in [5.74, 6) is 6.27. The Bertz CT molecular complexity index is 970. The van der Waals surface area contributed by atoms with Crippen LogP contribution >= 0.6 is 11.6 Å². The van der Waals surface area contributed by atoms with Gasteiger partial charge >= 0.3 is 0 Å². The van der Waals surface area contributed by atoms with Gasteiger partial charge in [-0.15, -0.1) is 0 Å². The van der Waals surface area contributed by atoms with Gasteiger partial charge in [-0.2, -0.15) is 0 Å². The maximum absolute atomic E-state index is 9.65. The summed E-state index contributed by atoms with van der Waals surface area (Å²) in [5, 5.41) is 10.4. The fourth-order valence-corrected chi connectivity index (χ4v) is 3.28. The number of aliphatic hydroxyl groups excluding tert-OH is 1. The number of nitrogens with zero attached hydrogens (tertiary/aromatic N) is 2. The number of rotatable bonds is 2. The van der Waals surface area contributed by atoms with Crippen LogP contribution in [0.5, 0.6) is 0 Å². The molecule has 1 aromatic heterocycles. The number of pyridine rings is 1. The predicted octanol–water partition coefficient (Wildman–Crippen LogP) is 4.37. The maximum atomic E-state index is 9.65. The Morgan fingerprint density at radius 1 is 0.926 bits per heavy atom. The van der Waals surface area contributed by atoms with Crippen LogP contribution < -0.4 is 4.90 Å². The number of anilines is 1. The van der Waals surface area contributed by atoms with Crippen molar-refractivity contribution in [2.45, 2.75) is 12.5 Å². The molecular weight excluding hydrogens is 356 g/mol. The van der Waals surface area contributed by atoms with Gasteiger partial charge < -0.3 is 10.0 Å². The minimum absolute atomic E-state index is 0.216. The molecule has 1 aliphatic heterocycles. The van der Waals surface area contributed by atoms with Gasteiger partial charge in [0.15, 0.2) is 0 Å². The summed E-state index contributed by atoms with van der Waals surface area (Å²) in [6.07, 6.45) is 2.44. The lowest BCUT2D eigenvalue weighted by Gasteiger charge is -2.17. The Hall–Kier alpha value is -2.80. The third-order valence-electron chi connectivity index (χ3n) is 4.67. The molecular formula is C23H19ClN2O. The fourth-order valence-electron chi connectivity index (χ4n) is 3.15. The molecule has 0 saturated carbocycles. The zero-order valence-electron chi connectivity index (χ0n) is 14.8. The molecule has 1 atom stereocenters. The normalized spacial score (nSPS) is 16.1. The van der Waals surface area contributed by atoms with Gasteiger partial charge in [0, 0.05) is 41.1 Å². The molecule has 1 unspecified atom stereocenters. The Balaban J connectivity index is 1.45. The molecule has 3 aromatic rings. The van der Waals surface area contributed by atoms with E-state index in [0.29, 0.717) is 6.54 Å². The Labute approximate surface area is 164 Å². The third-order valence-corrected chi connectivity index (χ3v) is 4.92. The number of aromatic nitrogens is 1. The highest BCUT2D eigenvalue weighted by Crippen LogP contribution is 2.22. The molecule has 27 heavy (non-hydrogen) atoms. The summed E-state index contributed by atoms with van der Waals surface area (Å²) in [6, 6.07) is 19.8. The molecule has 0 bridgehead atoms. The van der Waals surface area contributed by atoms with E-state index < -0.39 is 0 Å². The molecule has 0 amide bonds. The molecule has 4 heteroatoms. The molecule has 2 aromatic carbocycles. The van der Waals surface area contributed by atoms with E-state index in [0.717, 1.165) is 46.1 Å². The van der Waals surface area contributed by atoms with Gasteiger partial charge in [0.05, 0.1) is 6.10 Å². The van der Waals surface area contributed by atoms with Crippen LogP contribution in [0.2, 0.25) is 5.02 Å². The minimum atomic E-state index is -0.216. The number of β-amino-alcohol motifs (C(OH)–C–C–N with tert-alkyl or cyclic N) is 1. The molecule has 1 saturated heterocycles. The number of hydrogen-bond donors (Lipinski definition) is 1. The van der Waals surface area contributed by atoms with Crippen molar-refractivity contribution in [3.05, 3.63) is 83.1 Å². The molecule has 1 aliphatic rings. The molecule has 2 heterocycles. The first-order valence-electron chi connectivity index (χ1n) is 8.94. The first-order chi connectivity index (χ1) is 13.2. The van der Waals surface area contributed by atoms with E-state index in [-0.39, 0.29) is 6.10 Å². The van der Waals surface area contributed by atoms with E-state index in [1.807, 2.05) is 54.7 Å². The summed E-state index contributed by atoms with van der Waals surface area (Å²) >= 11 is 5.93. The number of aliphatic hydroxyl groups is 1. The summed E-state index contributed by atoms with van der Waals surface area (Å²) in [6.45, 7) is 1.60. The van der Waals surface area contributed by atoms with Crippen LogP contribution in [0, 0.1) is 11.8 Å². The van der Waals surface area contributed by atoms with Gasteiger partial charge in [-0.3, -0.25) is 0 Å². The Kier molecular flexibility index (Phi) is 5.11. The quantitative estimate of drug-likeness (QED) is 0.676. The number of benzene rings is 2. The molecule has 3 nitrogen and oxygen atoms in total. The molecule has 134 valence electrons. The van der Waals surface area contributed by atoms with E-state index in [1.165, 1.54) is 0 Å². The van der Waals surface area contributed by atoms with Crippen molar-refractivity contribution >= 4 is 17.3 Å². The van der Waals surface area contributed by atoms with E-state index in [4.69, 9.17) is 11.6 Å². The van der Waals surface area contributed by atoms with Gasteiger partial charge in [0.1, 0.15) is 5.69 Å². The SMILES string of the molecule is OC1CCN(c2ccc(C#Cc3ccc(-c4ccc(Cl)cc4)cn3)cc2)C1. The number of halogens is 1. The predicted molar refractivity (Wildman–Crippen MR) is 110 cm³/mol. The largest absolute Gasteiger partial charge is 0.391 e. The maximum Gasteiger partial charge on any atom is 0.113 e. The lowest BCUT2D eigenvalue weighted by atomic mass is 10.1. The van der Waals surface area contributed by atoms with E-state index in [9.17, 15) is 5.11 Å². The van der Waals surface area contributed by atoms with Crippen LogP contribution in [-0.4, -0.2) is 29.3 Å². The lowest BCUT2D eigenvalue weighted by molar-refractivity contribution is 0.198. The average Bonchev–Trinajstić information content (AvgIpc) is 3.14. The van der Waals surface area contributed by atoms with Gasteiger partial charge in [0.25, 0.3) is 0 Å². The highest BCUT2D eigenvalue weighted by molar-refractivity contribution is 6.30. The van der Waals surface area contributed by atoms with Crippen LogP contribution in [0.1, 0.15) is 17.7 Å². The molecule has 0 spiro atoms. The summed E-state index contributed by atoms with van der Waals surface area (Å²) < 4.78 is 0. The molecule has 4 rings (SSSR count). The van der Waals surface area contributed by atoms with Crippen molar-refractivity contribution < 1.29 is 5.11 Å². The van der Waals surface area contributed by atoms with E-state index >= 15 is 0 Å². The lowest BCUT2D eigenvalue weighted by Crippen LogP contribution is -2.20. The summed E-state index contributed by atoms with van der Waals surface area (Å²) in [4.78, 5) is 6.63. The average molecular weight is 375 g/mol. The molecule has 0 aliphatic carbocycles. The zero-order chi connectivity index (χ0) is 18.6. The van der Waals surface area contributed by atoms with Crippen molar-refractivity contribution in [3.63, 3.8) is 0 Å². The Morgan fingerprint density at radius 2 is 1.67 bits per heavy atom. The van der Waals surface area contributed by atoms with Crippen molar-refractivity contribution in [1.29, 1.82) is 0 Å². The van der Waals surface area contributed by atoms with Gasteiger partial charge in [0.2, 0.25) is 0 Å². The highest BCUT2D eigenvalue weighted by Gasteiger charge is 2.19. The second kappa shape index (κ2) is 7.84. The Morgan fingerprint density at radius 3 is 2.30 bits per heavy atom. The van der Waals surface area contributed by atoms with Crippen molar-refractivity contribution in [3.8, 4) is 23.0 Å². The van der Waals surface area contributed by atoms with Crippen molar-refractivity contribution in [2.24, 2.45) is 0 Å². The molecule has 1 N–H and O–H groups in total. The summed E-state index contributed by atoms with van der Waals surface area (Å²) in [5.41, 5.74) is 4.92. The van der Waals surface area contributed by atoms with Crippen LogP contribution in [0.15, 0.2) is 66.9 Å². The smallest absolute Gasteiger partial charge is 0.113 e. The summed E-state index contributed by atoms with van der Waals surface area (Å²) in [7, 11) is 0. The second-order valence-corrected chi connectivity index (χ2v) is 7.06. The highest BCUT2D eigenvalue weighted by atomic mass is 35.5. The topological polar surface area (TPSA) is 36.4 Å². The van der Waals surface area contributed by atoms with E-state index in [2.05, 4.69) is 33.9 Å². The standard InChI is InChI=1S/C23H19ClN2O/c24-20-7-4-18(5-8-20)19-6-10-21(25-15-19)9-1-17-2-11-22(12-3-17)26-14-13-23(27)16-26/h2-8,10-12,15,23,27H,13-14,16H2. The van der Waals surface area contributed by atoms with Gasteiger partial charge in [-0.05, 0) is 60.4 Å². The van der Waals surface area contributed by atoms with Crippen LogP contribution in [-0.2, 0) is 0 Å². The third kappa shape index (κ3) is 4.31. The van der Waals surface area contributed by atoms with Crippen LogP contribution in [0.3, 0.4) is 0 Å². The zero-order valence-corrected chi connectivity index (χ0v) is 15.5. The monoisotopic (exact) mass is 374 g/mol. The van der Waals surface area contributed by atoms with Crippen LogP contribution in [0.25, 0.3) is 11.1 Å². The first kappa shape index (κ1) is 17.6. The minimum Gasteiger partial charge on any atom is -0.391 e. The second-order valence-electron chi connectivity index (χ2n) is 6.62. The van der Waals surface area contributed by atoms with Gasteiger partial charge in [-0.1, -0.05) is 35.7 Å². The van der Waals surface area contributed by atoms with Gasteiger partial charge in [-0.25, -0.2) is 4.98 Å². The fraction of sp³-hybridized carbons (Fsp3) is 0.174. The van der Waals surface area contributed by atoms with Crippen molar-refractivity contribution in [2.75, 3.05) is 18.0 Å².